The average molecular weight is 505 g/mol. The molecule has 3 aromatic rings. The molecule has 36 heavy (non-hydrogen) atoms. The van der Waals surface area contributed by atoms with E-state index in [2.05, 4.69) is 0 Å². The molecule has 0 heterocycles. The Hall–Kier alpha value is -3.72. The number of esters is 1. The molecule has 6 nitrogen and oxygen atoms in total. The lowest BCUT2D eigenvalue weighted by atomic mass is 9.92. The van der Waals surface area contributed by atoms with Gasteiger partial charge < -0.3 is 23.7 Å². The van der Waals surface area contributed by atoms with Gasteiger partial charge in [0.15, 0.2) is 0 Å². The highest BCUT2D eigenvalue weighted by Gasteiger charge is 2.64. The summed E-state index contributed by atoms with van der Waals surface area (Å²) in [4.78, 5) is 13.4. The van der Waals surface area contributed by atoms with Crippen LogP contribution in [-0.4, -0.2) is 40.6 Å². The van der Waals surface area contributed by atoms with Crippen LogP contribution in [0, 0.1) is 0 Å². The molecule has 0 bridgehead atoms. The topological polar surface area (TPSA) is 63.2 Å². The maximum Gasteiger partial charge on any atom is 0.432 e. The summed E-state index contributed by atoms with van der Waals surface area (Å²) in [6.45, 7) is 0. The molecule has 0 fully saturated rings. The number of halogens is 3. The van der Waals surface area contributed by atoms with Crippen molar-refractivity contribution in [1.82, 2.24) is 0 Å². The van der Waals surface area contributed by atoms with E-state index in [4.69, 9.17) is 23.7 Å². The van der Waals surface area contributed by atoms with Gasteiger partial charge in [0.05, 0.1) is 21.3 Å². The maximum atomic E-state index is 14.4. The summed E-state index contributed by atoms with van der Waals surface area (Å²) in [7, 11) is 5.23. The standard InChI is InChI=1S/C27H27F3O6/c1-32-21-12-10-18(11-13-21)14-24(19-15-22(33-2)17-23(16-19)34-3)36-25(31)26(35-4,27(28,29)30)20-8-6-5-7-9-20/h5-13,15-17,24H,14H2,1-4H3/t24-,26+/m1/s1. The SMILES string of the molecule is COc1ccc(C[C@@H](OC(=O)[C@@](OC)(c2ccccc2)C(F)(F)F)c2cc(OC)cc(OC)c2)cc1. The van der Waals surface area contributed by atoms with E-state index in [0.717, 1.165) is 7.11 Å². The molecular formula is C27H27F3O6. The number of benzene rings is 3. The third-order valence-corrected chi connectivity index (χ3v) is 5.75. The number of carbonyl (C=O) groups excluding carboxylic acids is 1. The Morgan fingerprint density at radius 2 is 1.33 bits per heavy atom. The highest BCUT2D eigenvalue weighted by Crippen LogP contribution is 2.44. The fourth-order valence-electron chi connectivity index (χ4n) is 3.82. The van der Waals surface area contributed by atoms with E-state index >= 15 is 0 Å². The number of ether oxygens (including phenoxy) is 5. The first kappa shape index (κ1) is 26.9. The molecule has 0 aliphatic rings. The Kier molecular flexibility index (Phi) is 8.47. The van der Waals surface area contributed by atoms with Crippen molar-refractivity contribution in [2.75, 3.05) is 28.4 Å². The Bertz CT molecular complexity index is 1130. The predicted octanol–water partition coefficient (Wildman–Crippen LogP) is 5.64. The molecule has 0 amide bonds. The molecule has 0 N–H and O–H groups in total. The van der Waals surface area contributed by atoms with E-state index in [0.29, 0.717) is 28.4 Å². The van der Waals surface area contributed by atoms with Gasteiger partial charge in [-0.2, -0.15) is 13.2 Å². The fraction of sp³-hybridized carbons (Fsp3) is 0.296. The molecule has 3 rings (SSSR count). The summed E-state index contributed by atoms with van der Waals surface area (Å²) in [5.41, 5.74) is -2.63. The van der Waals surface area contributed by atoms with Crippen LogP contribution >= 0.6 is 0 Å². The first-order valence-electron chi connectivity index (χ1n) is 10.9. The van der Waals surface area contributed by atoms with Gasteiger partial charge in [-0.15, -0.1) is 0 Å². The minimum Gasteiger partial charge on any atom is -0.497 e. The molecule has 0 spiro atoms. The minimum absolute atomic E-state index is 0.0680. The molecular weight excluding hydrogens is 477 g/mol. The van der Waals surface area contributed by atoms with Gasteiger partial charge in [0.1, 0.15) is 23.4 Å². The van der Waals surface area contributed by atoms with Crippen LogP contribution in [0.1, 0.15) is 22.8 Å². The van der Waals surface area contributed by atoms with Gasteiger partial charge in [-0.3, -0.25) is 0 Å². The smallest absolute Gasteiger partial charge is 0.432 e. The lowest BCUT2D eigenvalue weighted by Gasteiger charge is -2.34. The van der Waals surface area contributed by atoms with Crippen LogP contribution in [0.3, 0.4) is 0 Å². The maximum absolute atomic E-state index is 14.4. The number of carbonyl (C=O) groups is 1. The predicted molar refractivity (Wildman–Crippen MR) is 126 cm³/mol. The zero-order valence-electron chi connectivity index (χ0n) is 20.3. The van der Waals surface area contributed by atoms with Gasteiger partial charge in [-0.05, 0) is 29.8 Å². The van der Waals surface area contributed by atoms with E-state index in [1.807, 2.05) is 0 Å². The summed E-state index contributed by atoms with van der Waals surface area (Å²) in [5.74, 6) is -0.215. The summed E-state index contributed by atoms with van der Waals surface area (Å²) in [6.07, 6.45) is -6.16. The number of hydrogen-bond donors (Lipinski definition) is 0. The van der Waals surface area contributed by atoms with Crippen LogP contribution in [0.25, 0.3) is 0 Å². The van der Waals surface area contributed by atoms with Crippen molar-refractivity contribution in [3.8, 4) is 17.2 Å². The first-order chi connectivity index (χ1) is 17.2. The van der Waals surface area contributed by atoms with Crippen LogP contribution in [0.4, 0.5) is 13.2 Å². The van der Waals surface area contributed by atoms with Crippen molar-refractivity contribution in [1.29, 1.82) is 0 Å². The third kappa shape index (κ3) is 5.57. The van der Waals surface area contributed by atoms with Gasteiger partial charge in [-0.25, -0.2) is 4.79 Å². The molecule has 0 aromatic heterocycles. The van der Waals surface area contributed by atoms with Crippen molar-refractivity contribution in [3.63, 3.8) is 0 Å². The minimum atomic E-state index is -5.10. The Morgan fingerprint density at radius 3 is 1.81 bits per heavy atom. The van der Waals surface area contributed by atoms with E-state index in [-0.39, 0.29) is 6.42 Å². The highest BCUT2D eigenvalue weighted by molar-refractivity contribution is 5.83. The zero-order chi connectivity index (χ0) is 26.3. The second-order valence-electron chi connectivity index (χ2n) is 7.84. The normalized spacial score (nSPS) is 13.9. The van der Waals surface area contributed by atoms with Gasteiger partial charge in [-0.1, -0.05) is 42.5 Å². The van der Waals surface area contributed by atoms with Crippen molar-refractivity contribution in [3.05, 3.63) is 89.5 Å². The number of methoxy groups -OCH3 is 4. The van der Waals surface area contributed by atoms with E-state index in [1.54, 1.807) is 48.5 Å². The van der Waals surface area contributed by atoms with Crippen LogP contribution in [0.5, 0.6) is 17.2 Å². The first-order valence-corrected chi connectivity index (χ1v) is 10.9. The van der Waals surface area contributed by atoms with Crippen LogP contribution in [0.15, 0.2) is 72.8 Å². The van der Waals surface area contributed by atoms with Crippen molar-refractivity contribution in [2.24, 2.45) is 0 Å². The molecule has 0 saturated carbocycles. The van der Waals surface area contributed by atoms with Crippen LogP contribution in [0.2, 0.25) is 0 Å². The summed E-state index contributed by atoms with van der Waals surface area (Å²) < 4.78 is 69.6. The second-order valence-corrected chi connectivity index (χ2v) is 7.84. The molecule has 0 unspecified atom stereocenters. The van der Waals surface area contributed by atoms with E-state index < -0.39 is 29.4 Å². The lowest BCUT2D eigenvalue weighted by Crippen LogP contribution is -2.52. The van der Waals surface area contributed by atoms with E-state index in [1.165, 1.54) is 45.6 Å². The molecule has 0 saturated heterocycles. The third-order valence-electron chi connectivity index (χ3n) is 5.75. The Balaban J connectivity index is 2.08. The molecule has 2 atom stereocenters. The molecule has 0 radical (unpaired) electrons. The average Bonchev–Trinajstić information content (AvgIpc) is 2.89. The van der Waals surface area contributed by atoms with E-state index in [9.17, 15) is 18.0 Å². The quantitative estimate of drug-likeness (QED) is 0.333. The molecule has 0 aliphatic heterocycles. The Labute approximate surface area is 207 Å². The monoisotopic (exact) mass is 504 g/mol. The number of hydrogen-bond acceptors (Lipinski definition) is 6. The number of rotatable bonds is 10. The van der Waals surface area contributed by atoms with Crippen molar-refractivity contribution in [2.45, 2.75) is 24.3 Å². The molecule has 9 heteroatoms. The molecule has 3 aromatic carbocycles. The summed E-state index contributed by atoms with van der Waals surface area (Å²) in [6, 6.07) is 18.3. The molecule has 0 aliphatic carbocycles. The second kappa shape index (κ2) is 11.3. The van der Waals surface area contributed by atoms with Crippen molar-refractivity contribution >= 4 is 5.97 Å². The van der Waals surface area contributed by atoms with Crippen LogP contribution in [-0.2, 0) is 26.3 Å². The van der Waals surface area contributed by atoms with Gasteiger partial charge in [0.25, 0.3) is 5.60 Å². The summed E-state index contributed by atoms with van der Waals surface area (Å²) in [5, 5.41) is 0. The highest BCUT2D eigenvalue weighted by atomic mass is 19.4. The van der Waals surface area contributed by atoms with Gasteiger partial charge >= 0.3 is 12.1 Å². The van der Waals surface area contributed by atoms with Crippen LogP contribution < -0.4 is 14.2 Å². The lowest BCUT2D eigenvalue weighted by molar-refractivity contribution is -0.278. The summed E-state index contributed by atoms with van der Waals surface area (Å²) >= 11 is 0. The number of alkyl halides is 3. The van der Waals surface area contributed by atoms with Gasteiger partial charge in [0.2, 0.25) is 0 Å². The largest absolute Gasteiger partial charge is 0.497 e. The Morgan fingerprint density at radius 1 is 0.778 bits per heavy atom. The molecule has 192 valence electrons. The van der Waals surface area contributed by atoms with Crippen molar-refractivity contribution < 1.29 is 41.7 Å². The fourth-order valence-corrected chi connectivity index (χ4v) is 3.82. The van der Waals surface area contributed by atoms with Gasteiger partial charge in [0, 0.05) is 30.7 Å². The zero-order valence-corrected chi connectivity index (χ0v) is 20.3.